The third kappa shape index (κ3) is 6.22. The van der Waals surface area contributed by atoms with Gasteiger partial charge in [0.05, 0.1) is 19.5 Å². The highest BCUT2D eigenvalue weighted by Gasteiger charge is 2.48. The van der Waals surface area contributed by atoms with Crippen LogP contribution in [0.15, 0.2) is 11.1 Å². The minimum Gasteiger partial charge on any atom is -0.756 e. The van der Waals surface area contributed by atoms with E-state index in [1.807, 2.05) is 0 Å². The van der Waals surface area contributed by atoms with E-state index in [0.717, 1.165) is 10.9 Å². The topological polar surface area (TPSA) is 345 Å². The Kier molecular flexibility index (Phi) is 8.60. The number of quaternary nitrogens is 1. The number of phosphoric ester groups is 2. The molecule has 11 N–H and O–H groups in total. The number of aliphatic hydroxyl groups excluding tert-OH is 5. The summed E-state index contributed by atoms with van der Waals surface area (Å²) in [5, 5.41) is 49.6. The number of anilines is 1. The fourth-order valence-electron chi connectivity index (χ4n) is 3.93. The van der Waals surface area contributed by atoms with Crippen LogP contribution in [0.3, 0.4) is 0 Å². The summed E-state index contributed by atoms with van der Waals surface area (Å²) in [6.07, 6.45) is -12.2. The molecule has 11 atom stereocenters. The maximum Gasteiger partial charge on any atom is 0.280 e. The number of nitrogen functional groups attached to an aromatic ring is 1. The molecule has 2 unspecified atom stereocenters. The van der Waals surface area contributed by atoms with Crippen molar-refractivity contribution in [3.63, 3.8) is 0 Å². The van der Waals surface area contributed by atoms with E-state index < -0.39 is 89.6 Å². The lowest BCUT2D eigenvalue weighted by molar-refractivity contribution is -0.497. The summed E-state index contributed by atoms with van der Waals surface area (Å²) in [6, 6.07) is -1.44. The molecule has 2 aromatic rings. The quantitative estimate of drug-likeness (QED) is 0.123. The van der Waals surface area contributed by atoms with Crippen LogP contribution >= 0.6 is 15.6 Å². The molecule has 0 aromatic carbocycles. The van der Waals surface area contributed by atoms with Gasteiger partial charge in [0, 0.05) is 0 Å². The van der Waals surface area contributed by atoms with E-state index in [1.54, 1.807) is 0 Å². The molecule has 0 radical (unpaired) electrons. The highest BCUT2D eigenvalue weighted by molar-refractivity contribution is 7.59. The zero-order valence-electron chi connectivity index (χ0n) is 19.5. The van der Waals surface area contributed by atoms with Crippen LogP contribution < -0.4 is 26.8 Å². The van der Waals surface area contributed by atoms with Crippen molar-refractivity contribution in [2.75, 3.05) is 18.9 Å². The summed E-state index contributed by atoms with van der Waals surface area (Å²) in [5.74, 6) is -0.280. The SMILES string of the molecule is Nc1nc2c(ncn2[C@@H]2O[C@H](COP(=O)([O-])OP(=O)([O-])O[C@H]3O[C@H](CO)[C@@H](O)[C@H](O)[C@H]3[NH3+])[C@@H](O)[C@H]2O)c(=O)[nH]1. The number of imidazole rings is 1. The van der Waals surface area contributed by atoms with Crippen LogP contribution in [0.25, 0.3) is 11.2 Å². The van der Waals surface area contributed by atoms with Gasteiger partial charge in [0.15, 0.2) is 23.4 Å². The molecule has 0 aliphatic carbocycles. The molecule has 0 amide bonds. The van der Waals surface area contributed by atoms with Gasteiger partial charge in [-0.15, -0.1) is 0 Å². The van der Waals surface area contributed by atoms with Crippen molar-refractivity contribution in [1.82, 2.24) is 19.5 Å². The number of phosphoric acid groups is 2. The Morgan fingerprint density at radius 2 is 1.77 bits per heavy atom. The van der Waals surface area contributed by atoms with Crippen molar-refractivity contribution in [2.24, 2.45) is 0 Å². The number of fused-ring (bicyclic) bond motifs is 1. The van der Waals surface area contributed by atoms with Crippen LogP contribution in [-0.4, -0.2) is 107 Å². The molecular formula is C16H25N6O15P2-. The van der Waals surface area contributed by atoms with Gasteiger partial charge in [-0.1, -0.05) is 0 Å². The molecule has 0 spiro atoms. The minimum absolute atomic E-state index is 0.119. The Labute approximate surface area is 216 Å². The smallest absolute Gasteiger partial charge is 0.280 e. The molecule has 2 aliphatic rings. The molecule has 0 bridgehead atoms. The number of aliphatic hydroxyl groups is 5. The maximum absolute atomic E-state index is 12.2. The van der Waals surface area contributed by atoms with Crippen LogP contribution in [0, 0.1) is 0 Å². The van der Waals surface area contributed by atoms with Crippen LogP contribution in [0.2, 0.25) is 0 Å². The standard InChI is InChI=1S/C16H26N6O15P2/c17-6-10(26)8(24)4(1-23)35-15(6)36-39(31,32)37-38(29,30)33-2-5-9(25)11(27)14(34-5)22-3-19-7-12(22)20-16(18)21-13(7)28/h3-6,8-11,14-15,23-27H,1-2,17H2,(H,29,30)(H,31,32)(H3,18,20,21,28)/p-1/t4-,5-,6-,8-,9-,10-,11-,14-,15-/m1/s1. The molecule has 4 heterocycles. The van der Waals surface area contributed by atoms with Gasteiger partial charge in [0.25, 0.3) is 21.2 Å². The molecule has 2 fully saturated rings. The molecule has 220 valence electrons. The number of ether oxygens (including phenoxy) is 2. The predicted octanol–water partition coefficient (Wildman–Crippen LogP) is -6.64. The Hall–Kier alpha value is -1.91. The van der Waals surface area contributed by atoms with Crippen LogP contribution in [0.1, 0.15) is 6.23 Å². The predicted molar refractivity (Wildman–Crippen MR) is 116 cm³/mol. The van der Waals surface area contributed by atoms with Gasteiger partial charge in [0.1, 0.15) is 36.6 Å². The van der Waals surface area contributed by atoms with Gasteiger partial charge in [-0.3, -0.25) is 28.0 Å². The molecule has 4 rings (SSSR count). The van der Waals surface area contributed by atoms with E-state index in [2.05, 4.69) is 34.0 Å². The lowest BCUT2D eigenvalue weighted by atomic mass is 9.98. The van der Waals surface area contributed by atoms with E-state index in [0.29, 0.717) is 0 Å². The molecular weight excluding hydrogens is 578 g/mol. The molecule has 2 saturated heterocycles. The summed E-state index contributed by atoms with van der Waals surface area (Å²) in [6.45, 7) is -1.89. The average Bonchev–Trinajstić information content (AvgIpc) is 3.38. The first-order chi connectivity index (χ1) is 18.1. The number of hydrogen-bond acceptors (Lipinski definition) is 18. The van der Waals surface area contributed by atoms with E-state index >= 15 is 0 Å². The number of aromatic nitrogens is 4. The minimum atomic E-state index is -5.79. The Morgan fingerprint density at radius 3 is 2.44 bits per heavy atom. The summed E-state index contributed by atoms with van der Waals surface area (Å²) in [5.41, 5.74) is 7.91. The monoisotopic (exact) mass is 603 g/mol. The van der Waals surface area contributed by atoms with Gasteiger partial charge in [-0.25, -0.2) is 9.29 Å². The maximum atomic E-state index is 12.2. The molecule has 39 heavy (non-hydrogen) atoms. The molecule has 21 nitrogen and oxygen atoms in total. The third-order valence-electron chi connectivity index (χ3n) is 5.90. The fraction of sp³-hybridized carbons (Fsp3) is 0.688. The summed E-state index contributed by atoms with van der Waals surface area (Å²) >= 11 is 0. The van der Waals surface area contributed by atoms with Crippen molar-refractivity contribution in [2.45, 2.75) is 55.2 Å². The highest BCUT2D eigenvalue weighted by Crippen LogP contribution is 2.56. The molecule has 0 saturated carbocycles. The van der Waals surface area contributed by atoms with Gasteiger partial charge in [0.2, 0.25) is 12.2 Å². The van der Waals surface area contributed by atoms with Crippen LogP contribution in [0.4, 0.5) is 5.95 Å². The van der Waals surface area contributed by atoms with Crippen molar-refractivity contribution in [1.29, 1.82) is 0 Å². The van der Waals surface area contributed by atoms with Gasteiger partial charge in [-0.2, -0.15) is 4.98 Å². The third-order valence-corrected chi connectivity index (χ3v) is 8.43. The average molecular weight is 603 g/mol. The van der Waals surface area contributed by atoms with Gasteiger partial charge in [-0.05, 0) is 0 Å². The first-order valence-electron chi connectivity index (χ1n) is 11.0. The summed E-state index contributed by atoms with van der Waals surface area (Å²) in [7, 11) is -11.5. The van der Waals surface area contributed by atoms with E-state index in [4.69, 9.17) is 15.2 Å². The number of rotatable bonds is 9. The van der Waals surface area contributed by atoms with Gasteiger partial charge >= 0.3 is 0 Å². The summed E-state index contributed by atoms with van der Waals surface area (Å²) < 4.78 is 48.8. The lowest BCUT2D eigenvalue weighted by Crippen LogP contribution is -2.78. The van der Waals surface area contributed by atoms with Crippen molar-refractivity contribution >= 4 is 32.8 Å². The zero-order chi connectivity index (χ0) is 28.9. The van der Waals surface area contributed by atoms with Crippen LogP contribution in [0.5, 0.6) is 0 Å². The van der Waals surface area contributed by atoms with Crippen molar-refractivity contribution in [3.8, 4) is 0 Å². The second-order valence-electron chi connectivity index (χ2n) is 8.57. The highest BCUT2D eigenvalue weighted by atomic mass is 31.3. The largest absolute Gasteiger partial charge is 0.756 e. The number of nitrogens with one attached hydrogen (secondary N) is 1. The number of H-pyrrole nitrogens is 1. The van der Waals surface area contributed by atoms with Gasteiger partial charge < -0.3 is 60.8 Å². The molecule has 2 aromatic heterocycles. The number of nitrogens with two attached hydrogens (primary N) is 1. The Morgan fingerprint density at radius 1 is 1.10 bits per heavy atom. The zero-order valence-corrected chi connectivity index (χ0v) is 21.3. The first-order valence-corrected chi connectivity index (χ1v) is 13.9. The second kappa shape index (κ2) is 11.2. The fourth-order valence-corrected chi connectivity index (χ4v) is 6.04. The summed E-state index contributed by atoms with van der Waals surface area (Å²) in [4.78, 5) is 46.3. The van der Waals surface area contributed by atoms with Crippen LogP contribution in [-0.2, 0) is 32.0 Å². The van der Waals surface area contributed by atoms with E-state index in [1.165, 1.54) is 0 Å². The number of nitrogens with zero attached hydrogens (tertiary/aromatic N) is 3. The molecule has 23 heteroatoms. The first kappa shape index (κ1) is 30.1. The normalized spacial score (nSPS) is 36.6. The van der Waals surface area contributed by atoms with Crippen molar-refractivity contribution in [3.05, 3.63) is 16.7 Å². The van der Waals surface area contributed by atoms with E-state index in [9.17, 15) is 49.2 Å². The lowest BCUT2D eigenvalue weighted by Gasteiger charge is -2.40. The van der Waals surface area contributed by atoms with Crippen molar-refractivity contribution < 1.29 is 73.0 Å². The Bertz CT molecular complexity index is 1340. The van der Waals surface area contributed by atoms with E-state index in [-0.39, 0.29) is 17.1 Å². The second-order valence-corrected chi connectivity index (χ2v) is 11.5. The number of aromatic amines is 1. The number of hydrogen-bond donors (Lipinski definition) is 8. The molecule has 2 aliphatic heterocycles. The Balaban J connectivity index is 1.39.